The monoisotopic (exact) mass is 278 g/mol. The van der Waals surface area contributed by atoms with Crippen LogP contribution in [-0.2, 0) is 11.3 Å². The molecule has 0 spiro atoms. The molecular formula is C12H14N4O2S. The molecule has 0 amide bonds. The number of hydrogen-bond donors (Lipinski definition) is 2. The van der Waals surface area contributed by atoms with Crippen LogP contribution in [0.4, 0.5) is 11.5 Å². The molecule has 2 aromatic heterocycles. The van der Waals surface area contributed by atoms with Crippen molar-refractivity contribution in [3.8, 4) is 0 Å². The number of rotatable bonds is 5. The molecule has 7 heteroatoms. The van der Waals surface area contributed by atoms with Crippen molar-refractivity contribution in [2.24, 2.45) is 0 Å². The molecule has 0 bridgehead atoms. The summed E-state index contributed by atoms with van der Waals surface area (Å²) in [4.78, 5) is 19.9. The zero-order chi connectivity index (χ0) is 13.7. The fourth-order valence-corrected chi connectivity index (χ4v) is 2.06. The molecule has 2 aromatic rings. The minimum atomic E-state index is -0.445. The first-order valence-corrected chi connectivity index (χ1v) is 6.69. The van der Waals surface area contributed by atoms with Crippen LogP contribution in [0.5, 0.6) is 0 Å². The highest BCUT2D eigenvalue weighted by molar-refractivity contribution is 7.07. The van der Waals surface area contributed by atoms with Gasteiger partial charge in [-0.1, -0.05) is 0 Å². The number of nitrogens with two attached hydrogens (primary N) is 1. The van der Waals surface area contributed by atoms with Gasteiger partial charge in [-0.25, -0.2) is 14.8 Å². The number of carbonyl (C=O) groups excluding carboxylic acids is 1. The number of carbonyl (C=O) groups is 1. The fraction of sp³-hybridized carbons (Fsp3) is 0.250. The maximum atomic E-state index is 11.7. The van der Waals surface area contributed by atoms with Gasteiger partial charge in [-0.15, -0.1) is 11.3 Å². The quantitative estimate of drug-likeness (QED) is 0.812. The van der Waals surface area contributed by atoms with Gasteiger partial charge >= 0.3 is 5.97 Å². The summed E-state index contributed by atoms with van der Waals surface area (Å²) < 4.78 is 4.93. The summed E-state index contributed by atoms with van der Waals surface area (Å²) in [6.07, 6.45) is 1.52. The molecule has 2 rings (SSSR count). The zero-order valence-electron chi connectivity index (χ0n) is 10.4. The highest BCUT2D eigenvalue weighted by atomic mass is 32.1. The number of nitrogens with zero attached hydrogens (tertiary/aromatic N) is 2. The van der Waals surface area contributed by atoms with Crippen molar-refractivity contribution in [3.63, 3.8) is 0 Å². The lowest BCUT2D eigenvalue weighted by molar-refractivity contribution is 0.0527. The number of ether oxygens (including phenoxy) is 1. The van der Waals surface area contributed by atoms with E-state index < -0.39 is 5.97 Å². The Balaban J connectivity index is 2.13. The first-order chi connectivity index (χ1) is 9.22. The third-order valence-corrected chi connectivity index (χ3v) is 3.04. The van der Waals surface area contributed by atoms with E-state index in [4.69, 9.17) is 10.5 Å². The van der Waals surface area contributed by atoms with E-state index in [1.807, 2.05) is 5.38 Å². The van der Waals surface area contributed by atoms with Gasteiger partial charge in [0.15, 0.2) is 0 Å². The van der Waals surface area contributed by atoms with E-state index in [0.717, 1.165) is 5.69 Å². The second-order valence-electron chi connectivity index (χ2n) is 3.67. The average molecular weight is 278 g/mol. The van der Waals surface area contributed by atoms with Crippen molar-refractivity contribution in [1.82, 2.24) is 9.97 Å². The molecule has 0 fully saturated rings. The molecule has 0 saturated carbocycles. The van der Waals surface area contributed by atoms with Crippen LogP contribution >= 0.6 is 11.3 Å². The molecule has 3 N–H and O–H groups in total. The van der Waals surface area contributed by atoms with E-state index in [-0.39, 0.29) is 5.69 Å². The Kier molecular flexibility index (Phi) is 4.30. The molecule has 0 unspecified atom stereocenters. The van der Waals surface area contributed by atoms with Gasteiger partial charge in [0.1, 0.15) is 5.82 Å². The Morgan fingerprint density at radius 1 is 1.53 bits per heavy atom. The summed E-state index contributed by atoms with van der Waals surface area (Å²) in [5.41, 5.74) is 9.16. The van der Waals surface area contributed by atoms with Crippen LogP contribution < -0.4 is 11.1 Å². The molecule has 0 aliphatic carbocycles. The summed E-state index contributed by atoms with van der Waals surface area (Å²) in [6, 6.07) is 1.54. The Labute approximate surface area is 114 Å². The summed E-state index contributed by atoms with van der Waals surface area (Å²) in [6.45, 7) is 2.56. The predicted molar refractivity (Wildman–Crippen MR) is 74.0 cm³/mol. The van der Waals surface area contributed by atoms with Crippen LogP contribution in [0.2, 0.25) is 0 Å². The van der Waals surface area contributed by atoms with Crippen molar-refractivity contribution in [3.05, 3.63) is 34.4 Å². The van der Waals surface area contributed by atoms with E-state index in [1.165, 1.54) is 17.5 Å². The highest BCUT2D eigenvalue weighted by Gasteiger charge is 2.14. The van der Waals surface area contributed by atoms with E-state index in [0.29, 0.717) is 24.5 Å². The van der Waals surface area contributed by atoms with Crippen molar-refractivity contribution in [2.75, 3.05) is 17.7 Å². The van der Waals surface area contributed by atoms with Crippen LogP contribution in [0.1, 0.15) is 23.0 Å². The van der Waals surface area contributed by atoms with Gasteiger partial charge in [-0.3, -0.25) is 0 Å². The lowest BCUT2D eigenvalue weighted by atomic mass is 10.2. The zero-order valence-corrected chi connectivity index (χ0v) is 11.2. The molecule has 100 valence electrons. The maximum absolute atomic E-state index is 11.7. The molecule has 0 atom stereocenters. The molecule has 0 aromatic carbocycles. The molecule has 0 radical (unpaired) electrons. The van der Waals surface area contributed by atoms with E-state index in [9.17, 15) is 4.79 Å². The molecule has 6 nitrogen and oxygen atoms in total. The van der Waals surface area contributed by atoms with Crippen molar-refractivity contribution in [1.29, 1.82) is 0 Å². The number of anilines is 2. The first-order valence-electron chi connectivity index (χ1n) is 5.75. The standard InChI is InChI=1S/C12H14N4O2S/c1-2-18-12(17)9-3-4-14-11(10(9)13)15-5-8-6-19-7-16-8/h3-4,6-7H,2,5,13H2,1H3,(H,14,15). The topological polar surface area (TPSA) is 90.1 Å². The van der Waals surface area contributed by atoms with Crippen molar-refractivity contribution < 1.29 is 9.53 Å². The molecule has 0 aliphatic heterocycles. The number of nitrogens with one attached hydrogen (secondary N) is 1. The lowest BCUT2D eigenvalue weighted by Gasteiger charge is -2.10. The van der Waals surface area contributed by atoms with Gasteiger partial charge in [-0.05, 0) is 13.0 Å². The van der Waals surface area contributed by atoms with Gasteiger partial charge in [-0.2, -0.15) is 0 Å². The number of aromatic nitrogens is 2. The second-order valence-corrected chi connectivity index (χ2v) is 4.39. The van der Waals surface area contributed by atoms with Gasteiger partial charge in [0.05, 0.1) is 35.6 Å². The van der Waals surface area contributed by atoms with Gasteiger partial charge in [0.2, 0.25) is 0 Å². The van der Waals surface area contributed by atoms with Crippen LogP contribution in [0.25, 0.3) is 0 Å². The number of nitrogen functional groups attached to an aromatic ring is 1. The molecular weight excluding hydrogens is 264 g/mol. The first kappa shape index (κ1) is 13.3. The van der Waals surface area contributed by atoms with E-state index in [1.54, 1.807) is 18.5 Å². The Morgan fingerprint density at radius 2 is 2.37 bits per heavy atom. The molecule has 0 aliphatic rings. The Bertz CT molecular complexity index is 557. The molecule has 0 saturated heterocycles. The second kappa shape index (κ2) is 6.14. The third-order valence-electron chi connectivity index (χ3n) is 2.41. The van der Waals surface area contributed by atoms with Gasteiger partial charge in [0, 0.05) is 11.6 Å². The predicted octanol–water partition coefficient (Wildman–Crippen LogP) is 1.91. The van der Waals surface area contributed by atoms with E-state index >= 15 is 0 Å². The Hall–Kier alpha value is -2.15. The minimum Gasteiger partial charge on any atom is -0.462 e. The highest BCUT2D eigenvalue weighted by Crippen LogP contribution is 2.21. The van der Waals surface area contributed by atoms with Crippen LogP contribution in [0.3, 0.4) is 0 Å². The van der Waals surface area contributed by atoms with Crippen LogP contribution in [-0.4, -0.2) is 22.5 Å². The minimum absolute atomic E-state index is 0.288. The van der Waals surface area contributed by atoms with Gasteiger partial charge in [0.25, 0.3) is 0 Å². The van der Waals surface area contributed by atoms with Gasteiger partial charge < -0.3 is 15.8 Å². The summed E-state index contributed by atoms with van der Waals surface area (Å²) in [7, 11) is 0. The smallest absolute Gasteiger partial charge is 0.340 e. The van der Waals surface area contributed by atoms with Crippen LogP contribution in [0.15, 0.2) is 23.2 Å². The number of hydrogen-bond acceptors (Lipinski definition) is 7. The number of pyridine rings is 1. The average Bonchev–Trinajstić information content (AvgIpc) is 2.91. The summed E-state index contributed by atoms with van der Waals surface area (Å²) >= 11 is 1.52. The Morgan fingerprint density at radius 3 is 3.05 bits per heavy atom. The maximum Gasteiger partial charge on any atom is 0.340 e. The number of thiazole rings is 1. The largest absolute Gasteiger partial charge is 0.462 e. The molecule has 19 heavy (non-hydrogen) atoms. The van der Waals surface area contributed by atoms with E-state index in [2.05, 4.69) is 15.3 Å². The summed E-state index contributed by atoms with van der Waals surface area (Å²) in [5, 5.41) is 4.98. The summed E-state index contributed by atoms with van der Waals surface area (Å²) in [5.74, 6) is 0.0117. The molecule has 2 heterocycles. The normalized spacial score (nSPS) is 10.2. The SMILES string of the molecule is CCOC(=O)c1ccnc(NCc2cscn2)c1N. The van der Waals surface area contributed by atoms with Crippen LogP contribution in [0, 0.1) is 0 Å². The fourth-order valence-electron chi connectivity index (χ4n) is 1.50. The van der Waals surface area contributed by atoms with Crippen molar-refractivity contribution in [2.45, 2.75) is 13.5 Å². The number of esters is 1. The lowest BCUT2D eigenvalue weighted by Crippen LogP contribution is -2.12. The van der Waals surface area contributed by atoms with Crippen molar-refractivity contribution >= 4 is 28.8 Å². The third kappa shape index (κ3) is 3.19.